The van der Waals surface area contributed by atoms with Crippen LogP contribution in [0.2, 0.25) is 5.02 Å². The number of cyclic esters (lactones) is 1. The number of fused-ring (bicyclic) bond motifs is 1. The van der Waals surface area contributed by atoms with Gasteiger partial charge in [0.05, 0.1) is 18.7 Å². The number of nitrogens with zero attached hydrogens (tertiary/aromatic N) is 1. The van der Waals surface area contributed by atoms with Gasteiger partial charge >= 0.3 is 5.97 Å². The second-order valence-corrected chi connectivity index (χ2v) is 6.28. The zero-order chi connectivity index (χ0) is 19.7. The Balaban J connectivity index is 1.67. The van der Waals surface area contributed by atoms with Gasteiger partial charge in [-0.15, -0.1) is 0 Å². The Kier molecular flexibility index (Phi) is 4.83. The molecule has 2 aromatic carbocycles. The maximum absolute atomic E-state index is 12.3. The third-order valence-electron chi connectivity index (χ3n) is 4.08. The van der Waals surface area contributed by atoms with Crippen molar-refractivity contribution in [2.24, 2.45) is 4.99 Å². The first-order valence-electron chi connectivity index (χ1n) is 8.52. The van der Waals surface area contributed by atoms with Gasteiger partial charge in [-0.2, -0.15) is 0 Å². The van der Waals surface area contributed by atoms with Crippen LogP contribution in [0.3, 0.4) is 0 Å². The van der Waals surface area contributed by atoms with Crippen LogP contribution in [0, 0.1) is 0 Å². The molecule has 4 rings (SSSR count). The summed E-state index contributed by atoms with van der Waals surface area (Å²) in [6.45, 7) is 2.46. The maximum atomic E-state index is 12.3. The molecule has 0 spiro atoms. The van der Waals surface area contributed by atoms with Gasteiger partial charge in [-0.25, -0.2) is 9.79 Å². The molecule has 28 heavy (non-hydrogen) atoms. The maximum Gasteiger partial charge on any atom is 0.363 e. The summed E-state index contributed by atoms with van der Waals surface area (Å²) in [5, 5.41) is 0.367. The van der Waals surface area contributed by atoms with E-state index in [1.165, 1.54) is 7.11 Å². The summed E-state index contributed by atoms with van der Waals surface area (Å²) in [6, 6.07) is 8.60. The number of methoxy groups -OCH3 is 1. The largest absolute Gasteiger partial charge is 0.491 e. The molecule has 2 aromatic rings. The molecule has 2 aliphatic rings. The van der Waals surface area contributed by atoms with Crippen LogP contribution in [0.1, 0.15) is 18.1 Å². The number of aliphatic imine (C=N–C) groups is 1. The van der Waals surface area contributed by atoms with E-state index in [0.717, 1.165) is 0 Å². The van der Waals surface area contributed by atoms with Crippen molar-refractivity contribution in [1.29, 1.82) is 0 Å². The Bertz CT molecular complexity index is 1010. The second kappa shape index (κ2) is 7.44. The monoisotopic (exact) mass is 401 g/mol. The molecular weight excluding hydrogens is 386 g/mol. The van der Waals surface area contributed by atoms with E-state index in [2.05, 4.69) is 4.99 Å². The highest BCUT2D eigenvalue weighted by atomic mass is 35.5. The van der Waals surface area contributed by atoms with Gasteiger partial charge in [-0.05, 0) is 48.9 Å². The number of rotatable bonds is 5. The Morgan fingerprint density at radius 3 is 2.82 bits per heavy atom. The highest BCUT2D eigenvalue weighted by Crippen LogP contribution is 2.37. The Labute approximate surface area is 166 Å². The van der Waals surface area contributed by atoms with Crippen LogP contribution in [0.5, 0.6) is 23.0 Å². The van der Waals surface area contributed by atoms with Gasteiger partial charge in [0.15, 0.2) is 28.7 Å². The van der Waals surface area contributed by atoms with Crippen LogP contribution in [-0.2, 0) is 9.53 Å². The van der Waals surface area contributed by atoms with Crippen molar-refractivity contribution in [3.05, 3.63) is 52.2 Å². The smallest absolute Gasteiger partial charge is 0.363 e. The van der Waals surface area contributed by atoms with Gasteiger partial charge < -0.3 is 23.7 Å². The fourth-order valence-electron chi connectivity index (χ4n) is 2.85. The van der Waals surface area contributed by atoms with E-state index >= 15 is 0 Å². The lowest BCUT2D eigenvalue weighted by molar-refractivity contribution is -0.129. The van der Waals surface area contributed by atoms with Crippen LogP contribution in [-0.4, -0.2) is 32.4 Å². The highest BCUT2D eigenvalue weighted by Gasteiger charge is 2.26. The van der Waals surface area contributed by atoms with E-state index < -0.39 is 5.97 Å². The first-order chi connectivity index (χ1) is 13.6. The average Bonchev–Trinajstić information content (AvgIpc) is 3.28. The summed E-state index contributed by atoms with van der Waals surface area (Å²) in [4.78, 5) is 16.6. The fraction of sp³-hybridized carbons (Fsp3) is 0.200. The number of hydrogen-bond donors (Lipinski definition) is 0. The van der Waals surface area contributed by atoms with Crippen LogP contribution in [0.25, 0.3) is 6.08 Å². The molecule has 2 heterocycles. The zero-order valence-corrected chi connectivity index (χ0v) is 15.9. The molecule has 144 valence electrons. The summed E-state index contributed by atoms with van der Waals surface area (Å²) in [7, 11) is 1.51. The first kappa shape index (κ1) is 18.2. The van der Waals surface area contributed by atoms with Gasteiger partial charge in [0.1, 0.15) is 0 Å². The molecule has 0 saturated heterocycles. The lowest BCUT2D eigenvalue weighted by Gasteiger charge is -2.11. The number of carbonyl (C=O) groups is 1. The van der Waals surface area contributed by atoms with Crippen molar-refractivity contribution in [1.82, 2.24) is 0 Å². The second-order valence-electron chi connectivity index (χ2n) is 5.87. The lowest BCUT2D eigenvalue weighted by atomic mass is 10.1. The number of hydrogen-bond acceptors (Lipinski definition) is 7. The molecule has 7 nitrogen and oxygen atoms in total. The molecule has 0 aromatic heterocycles. The van der Waals surface area contributed by atoms with Crippen molar-refractivity contribution in [2.75, 3.05) is 20.5 Å². The van der Waals surface area contributed by atoms with E-state index in [0.29, 0.717) is 45.8 Å². The predicted molar refractivity (Wildman–Crippen MR) is 102 cm³/mol. The molecule has 0 radical (unpaired) electrons. The summed E-state index contributed by atoms with van der Waals surface area (Å²) < 4.78 is 26.8. The van der Waals surface area contributed by atoms with E-state index in [4.69, 9.17) is 35.3 Å². The van der Waals surface area contributed by atoms with Crippen molar-refractivity contribution >= 4 is 29.5 Å². The third kappa shape index (κ3) is 3.36. The highest BCUT2D eigenvalue weighted by molar-refractivity contribution is 6.32. The van der Waals surface area contributed by atoms with Crippen LogP contribution >= 0.6 is 11.6 Å². The average molecular weight is 402 g/mol. The predicted octanol–water partition coefficient (Wildman–Crippen LogP) is 3.82. The minimum atomic E-state index is -0.558. The molecule has 0 saturated carbocycles. The number of esters is 1. The first-order valence-corrected chi connectivity index (χ1v) is 8.89. The van der Waals surface area contributed by atoms with E-state index in [1.807, 2.05) is 6.92 Å². The molecule has 0 atom stereocenters. The van der Waals surface area contributed by atoms with E-state index in [-0.39, 0.29) is 18.4 Å². The normalized spacial score (nSPS) is 16.2. The van der Waals surface area contributed by atoms with E-state index in [1.54, 1.807) is 36.4 Å². The van der Waals surface area contributed by atoms with Gasteiger partial charge in [0, 0.05) is 5.56 Å². The van der Waals surface area contributed by atoms with Gasteiger partial charge in [0.25, 0.3) is 0 Å². The molecule has 0 N–H and O–H groups in total. The molecule has 0 unspecified atom stereocenters. The van der Waals surface area contributed by atoms with Gasteiger partial charge in [-0.1, -0.05) is 11.6 Å². The summed E-state index contributed by atoms with van der Waals surface area (Å²) in [6.07, 6.45) is 1.58. The van der Waals surface area contributed by atoms with Crippen LogP contribution in [0.15, 0.2) is 41.0 Å². The summed E-state index contributed by atoms with van der Waals surface area (Å²) in [5.41, 5.74) is 1.40. The van der Waals surface area contributed by atoms with Crippen molar-refractivity contribution < 1.29 is 28.5 Å². The van der Waals surface area contributed by atoms with Crippen molar-refractivity contribution in [3.63, 3.8) is 0 Å². The van der Waals surface area contributed by atoms with E-state index in [9.17, 15) is 4.79 Å². The third-order valence-corrected chi connectivity index (χ3v) is 4.36. The molecule has 0 aliphatic carbocycles. The van der Waals surface area contributed by atoms with Gasteiger partial charge in [0.2, 0.25) is 12.7 Å². The number of halogens is 1. The summed E-state index contributed by atoms with van der Waals surface area (Å²) >= 11 is 6.26. The molecule has 0 bridgehead atoms. The Morgan fingerprint density at radius 1 is 1.21 bits per heavy atom. The quantitative estimate of drug-likeness (QED) is 0.560. The molecular formula is C20H16ClNO6. The minimum absolute atomic E-state index is 0.149. The van der Waals surface area contributed by atoms with Crippen LogP contribution < -0.4 is 18.9 Å². The summed E-state index contributed by atoms with van der Waals surface area (Å²) in [5.74, 6) is 1.77. The molecule has 0 amide bonds. The van der Waals surface area contributed by atoms with Gasteiger partial charge in [-0.3, -0.25) is 0 Å². The minimum Gasteiger partial charge on any atom is -0.491 e. The molecule has 8 heteroatoms. The Hall–Kier alpha value is -3.19. The zero-order valence-electron chi connectivity index (χ0n) is 15.2. The number of ether oxygens (including phenoxy) is 5. The van der Waals surface area contributed by atoms with Crippen molar-refractivity contribution in [2.45, 2.75) is 6.92 Å². The van der Waals surface area contributed by atoms with Crippen molar-refractivity contribution in [3.8, 4) is 23.0 Å². The Morgan fingerprint density at radius 2 is 2.04 bits per heavy atom. The van der Waals surface area contributed by atoms with Crippen LogP contribution in [0.4, 0.5) is 0 Å². The number of benzene rings is 2. The number of carbonyl (C=O) groups excluding carboxylic acids is 1. The molecule has 0 fully saturated rings. The standard InChI is InChI=1S/C20H16ClNO6/c1-3-25-17-8-11(6-13(21)18(17)24-2)7-14-20(23)28-19(22-14)12-4-5-15-16(9-12)27-10-26-15/h4-9H,3,10H2,1-2H3/b14-7-. The topological polar surface area (TPSA) is 75.6 Å². The SMILES string of the molecule is CCOc1cc(/C=C2\N=C(c3ccc4c(c3)OCO4)OC2=O)cc(Cl)c1OC. The molecule has 2 aliphatic heterocycles. The lowest BCUT2D eigenvalue weighted by Crippen LogP contribution is -2.05. The fourth-order valence-corrected chi connectivity index (χ4v) is 3.15.